The summed E-state index contributed by atoms with van der Waals surface area (Å²) in [7, 11) is 4.09. The van der Waals surface area contributed by atoms with Crippen LogP contribution in [-0.2, 0) is 0 Å². The van der Waals surface area contributed by atoms with Gasteiger partial charge in [0.1, 0.15) is 5.82 Å². The molecule has 0 radical (unpaired) electrons. The van der Waals surface area contributed by atoms with Gasteiger partial charge in [-0.3, -0.25) is 0 Å². The minimum absolute atomic E-state index is 0.640. The molecule has 0 bridgehead atoms. The average Bonchev–Trinajstić information content (AvgIpc) is 2.57. The first-order chi connectivity index (χ1) is 11.6. The summed E-state index contributed by atoms with van der Waals surface area (Å²) in [5.74, 6) is 1.43. The molecular formula is C18H28N6. The monoisotopic (exact) mass is 328 g/mol. The Balaban J connectivity index is 1.98. The molecule has 1 aromatic carbocycles. The van der Waals surface area contributed by atoms with E-state index in [4.69, 9.17) is 0 Å². The van der Waals surface area contributed by atoms with Gasteiger partial charge in [0.2, 0.25) is 5.95 Å². The van der Waals surface area contributed by atoms with Crippen molar-refractivity contribution in [2.75, 3.05) is 55.8 Å². The third kappa shape index (κ3) is 5.38. The molecule has 2 N–H and O–H groups in total. The van der Waals surface area contributed by atoms with Crippen LogP contribution in [0, 0.1) is 0 Å². The SMILES string of the molecule is CCN(CC)c1ccc(Nc2ccnc(NCCN(C)C)n2)cc1. The maximum atomic E-state index is 4.49. The largest absolute Gasteiger partial charge is 0.372 e. The topological polar surface area (TPSA) is 56.3 Å². The number of likely N-dealkylation sites (N-methyl/N-ethyl adjacent to an activating group) is 1. The molecule has 0 saturated carbocycles. The number of hydrogen-bond donors (Lipinski definition) is 2. The summed E-state index contributed by atoms with van der Waals surface area (Å²) < 4.78 is 0. The van der Waals surface area contributed by atoms with Gasteiger partial charge in [-0.25, -0.2) is 4.98 Å². The van der Waals surface area contributed by atoms with Crippen molar-refractivity contribution in [2.45, 2.75) is 13.8 Å². The fourth-order valence-electron chi connectivity index (χ4n) is 2.40. The van der Waals surface area contributed by atoms with Gasteiger partial charge in [-0.05, 0) is 58.3 Å². The molecule has 2 rings (SSSR count). The molecule has 0 saturated heterocycles. The van der Waals surface area contributed by atoms with E-state index in [1.807, 2.05) is 20.2 Å². The molecule has 0 spiro atoms. The number of nitrogens with one attached hydrogen (secondary N) is 2. The molecule has 0 aliphatic heterocycles. The number of aromatic nitrogens is 2. The van der Waals surface area contributed by atoms with Gasteiger partial charge in [-0.1, -0.05) is 0 Å². The van der Waals surface area contributed by atoms with Crippen molar-refractivity contribution < 1.29 is 0 Å². The van der Waals surface area contributed by atoms with Gasteiger partial charge in [0, 0.05) is 43.8 Å². The quantitative estimate of drug-likeness (QED) is 0.738. The zero-order chi connectivity index (χ0) is 17.4. The van der Waals surface area contributed by atoms with Gasteiger partial charge in [0.05, 0.1) is 0 Å². The Morgan fingerprint density at radius 2 is 1.71 bits per heavy atom. The molecular weight excluding hydrogens is 300 g/mol. The molecule has 2 aromatic rings. The summed E-state index contributed by atoms with van der Waals surface area (Å²) in [5.41, 5.74) is 2.25. The highest BCUT2D eigenvalue weighted by molar-refractivity contribution is 5.61. The molecule has 0 aliphatic rings. The van der Waals surface area contributed by atoms with Crippen LogP contribution >= 0.6 is 0 Å². The van der Waals surface area contributed by atoms with E-state index in [9.17, 15) is 0 Å². The highest BCUT2D eigenvalue weighted by Gasteiger charge is 2.03. The molecule has 0 aliphatic carbocycles. The lowest BCUT2D eigenvalue weighted by Crippen LogP contribution is -2.21. The van der Waals surface area contributed by atoms with Crippen LogP contribution < -0.4 is 15.5 Å². The van der Waals surface area contributed by atoms with E-state index in [0.29, 0.717) is 5.95 Å². The number of hydrogen-bond acceptors (Lipinski definition) is 6. The fourth-order valence-corrected chi connectivity index (χ4v) is 2.40. The van der Waals surface area contributed by atoms with Crippen LogP contribution in [0.3, 0.4) is 0 Å². The van der Waals surface area contributed by atoms with Crippen molar-refractivity contribution in [3.63, 3.8) is 0 Å². The molecule has 0 amide bonds. The fraction of sp³-hybridized carbons (Fsp3) is 0.444. The summed E-state index contributed by atoms with van der Waals surface area (Å²) in [6, 6.07) is 10.3. The summed E-state index contributed by atoms with van der Waals surface area (Å²) in [5, 5.41) is 6.56. The average molecular weight is 328 g/mol. The minimum atomic E-state index is 0.640. The molecule has 6 nitrogen and oxygen atoms in total. The van der Waals surface area contributed by atoms with Gasteiger partial charge in [0.25, 0.3) is 0 Å². The number of benzene rings is 1. The molecule has 1 heterocycles. The lowest BCUT2D eigenvalue weighted by Gasteiger charge is -2.21. The Labute approximate surface area is 144 Å². The van der Waals surface area contributed by atoms with E-state index in [0.717, 1.165) is 37.7 Å². The second-order valence-electron chi connectivity index (χ2n) is 5.84. The second kappa shape index (κ2) is 9.08. The van der Waals surface area contributed by atoms with Crippen LogP contribution in [0.25, 0.3) is 0 Å². The predicted octanol–water partition coefficient (Wildman–Crippen LogP) is 3.04. The van der Waals surface area contributed by atoms with Crippen LogP contribution in [-0.4, -0.2) is 55.1 Å². The minimum Gasteiger partial charge on any atom is -0.372 e. The van der Waals surface area contributed by atoms with Crippen LogP contribution in [0.2, 0.25) is 0 Å². The Kier molecular flexibility index (Phi) is 6.81. The van der Waals surface area contributed by atoms with Crippen molar-refractivity contribution in [3.8, 4) is 0 Å². The highest BCUT2D eigenvalue weighted by Crippen LogP contribution is 2.20. The summed E-state index contributed by atoms with van der Waals surface area (Å²) in [6.45, 7) is 8.11. The van der Waals surface area contributed by atoms with Crippen LogP contribution in [0.5, 0.6) is 0 Å². The first kappa shape index (κ1) is 18.0. The Bertz CT molecular complexity index is 607. The van der Waals surface area contributed by atoms with Gasteiger partial charge < -0.3 is 20.4 Å². The molecule has 130 valence electrons. The van der Waals surface area contributed by atoms with E-state index >= 15 is 0 Å². The lowest BCUT2D eigenvalue weighted by molar-refractivity contribution is 0.425. The maximum Gasteiger partial charge on any atom is 0.224 e. The number of nitrogens with zero attached hydrogens (tertiary/aromatic N) is 4. The van der Waals surface area contributed by atoms with Crippen LogP contribution in [0.15, 0.2) is 36.5 Å². The first-order valence-electron chi connectivity index (χ1n) is 8.46. The molecule has 0 fully saturated rings. The van der Waals surface area contributed by atoms with Crippen molar-refractivity contribution in [2.24, 2.45) is 0 Å². The molecule has 1 aromatic heterocycles. The van der Waals surface area contributed by atoms with Gasteiger partial charge in [-0.2, -0.15) is 4.98 Å². The van der Waals surface area contributed by atoms with Gasteiger partial charge >= 0.3 is 0 Å². The third-order valence-corrected chi connectivity index (χ3v) is 3.77. The van der Waals surface area contributed by atoms with Gasteiger partial charge in [0.15, 0.2) is 0 Å². The van der Waals surface area contributed by atoms with Crippen molar-refractivity contribution in [1.29, 1.82) is 0 Å². The van der Waals surface area contributed by atoms with E-state index in [1.54, 1.807) is 6.20 Å². The molecule has 24 heavy (non-hydrogen) atoms. The van der Waals surface area contributed by atoms with Crippen LogP contribution in [0.1, 0.15) is 13.8 Å². The first-order valence-corrected chi connectivity index (χ1v) is 8.46. The van der Waals surface area contributed by atoms with Gasteiger partial charge in [-0.15, -0.1) is 0 Å². The summed E-state index contributed by atoms with van der Waals surface area (Å²) >= 11 is 0. The number of anilines is 4. The second-order valence-corrected chi connectivity index (χ2v) is 5.84. The number of rotatable bonds is 9. The van der Waals surface area contributed by atoms with Crippen molar-refractivity contribution in [1.82, 2.24) is 14.9 Å². The van der Waals surface area contributed by atoms with E-state index in [-0.39, 0.29) is 0 Å². The zero-order valence-corrected chi connectivity index (χ0v) is 15.1. The van der Waals surface area contributed by atoms with Crippen molar-refractivity contribution in [3.05, 3.63) is 36.5 Å². The predicted molar refractivity (Wildman–Crippen MR) is 102 cm³/mol. The normalized spacial score (nSPS) is 10.7. The Morgan fingerprint density at radius 3 is 2.33 bits per heavy atom. The van der Waals surface area contributed by atoms with E-state index in [1.165, 1.54) is 5.69 Å². The molecule has 6 heteroatoms. The highest BCUT2D eigenvalue weighted by atomic mass is 15.2. The van der Waals surface area contributed by atoms with E-state index < -0.39 is 0 Å². The Hall–Kier alpha value is -2.34. The van der Waals surface area contributed by atoms with E-state index in [2.05, 4.69) is 68.5 Å². The standard InChI is InChI=1S/C18H28N6/c1-5-24(6-2)16-9-7-15(8-10-16)21-17-11-12-19-18(22-17)20-13-14-23(3)4/h7-12H,5-6,13-14H2,1-4H3,(H2,19,20,21,22). The summed E-state index contributed by atoms with van der Waals surface area (Å²) in [6.07, 6.45) is 1.76. The molecule has 0 atom stereocenters. The Morgan fingerprint density at radius 1 is 1.00 bits per heavy atom. The zero-order valence-electron chi connectivity index (χ0n) is 15.1. The molecule has 0 unspecified atom stereocenters. The van der Waals surface area contributed by atoms with Crippen molar-refractivity contribution >= 4 is 23.1 Å². The third-order valence-electron chi connectivity index (χ3n) is 3.77. The lowest BCUT2D eigenvalue weighted by atomic mass is 10.2. The smallest absolute Gasteiger partial charge is 0.224 e. The summed E-state index contributed by atoms with van der Waals surface area (Å²) in [4.78, 5) is 13.2. The van der Waals surface area contributed by atoms with Crippen LogP contribution in [0.4, 0.5) is 23.1 Å². The maximum absolute atomic E-state index is 4.49.